The van der Waals surface area contributed by atoms with Gasteiger partial charge in [-0.05, 0) is 37.4 Å². The Kier molecular flexibility index (Phi) is 3.64. The zero-order valence-corrected chi connectivity index (χ0v) is 9.93. The van der Waals surface area contributed by atoms with Gasteiger partial charge in [-0.2, -0.15) is 13.2 Å². The normalized spacial score (nSPS) is 24.4. The van der Waals surface area contributed by atoms with Crippen molar-refractivity contribution in [2.75, 3.05) is 13.2 Å². The first-order valence-electron chi connectivity index (χ1n) is 5.98. The van der Waals surface area contributed by atoms with Crippen LogP contribution in [0.5, 0.6) is 0 Å². The molecule has 1 fully saturated rings. The van der Waals surface area contributed by atoms with E-state index in [1.54, 1.807) is 6.07 Å². The highest BCUT2D eigenvalue weighted by molar-refractivity contribution is 5.31. The monoisotopic (exact) mass is 259 g/mol. The van der Waals surface area contributed by atoms with E-state index in [0.717, 1.165) is 19.0 Å². The van der Waals surface area contributed by atoms with Crippen molar-refractivity contribution in [3.63, 3.8) is 0 Å². The minimum absolute atomic E-state index is 0.140. The number of aliphatic hydroxyl groups is 1. The van der Waals surface area contributed by atoms with Crippen LogP contribution in [-0.2, 0) is 12.6 Å². The number of halogens is 3. The molecule has 0 amide bonds. The van der Waals surface area contributed by atoms with Crippen LogP contribution in [0.15, 0.2) is 24.3 Å². The van der Waals surface area contributed by atoms with Crippen molar-refractivity contribution < 1.29 is 18.3 Å². The molecule has 0 aromatic heterocycles. The number of alkyl halides is 3. The molecule has 0 bridgehead atoms. The zero-order valence-electron chi connectivity index (χ0n) is 9.93. The zero-order chi connectivity index (χ0) is 13.2. The fraction of sp³-hybridized carbons (Fsp3) is 0.538. The minimum Gasteiger partial charge on any atom is -0.394 e. The summed E-state index contributed by atoms with van der Waals surface area (Å²) in [6.07, 6.45) is -2.55. The lowest BCUT2D eigenvalue weighted by atomic mass is 9.88. The third-order valence-electron chi connectivity index (χ3n) is 3.49. The van der Waals surface area contributed by atoms with Crippen LogP contribution in [0.25, 0.3) is 0 Å². The number of hydrogen-bond acceptors (Lipinski definition) is 2. The molecule has 100 valence electrons. The number of rotatable bonds is 3. The molecule has 2 N–H and O–H groups in total. The molecule has 1 aromatic carbocycles. The van der Waals surface area contributed by atoms with Gasteiger partial charge in [0.25, 0.3) is 0 Å². The molecule has 1 saturated heterocycles. The molecule has 2 rings (SSSR count). The SMILES string of the molecule is OCC1(Cc2ccccc2C(F)(F)F)CCCN1. The van der Waals surface area contributed by atoms with Crippen LogP contribution < -0.4 is 5.32 Å². The lowest BCUT2D eigenvalue weighted by Gasteiger charge is -2.28. The Morgan fingerprint density at radius 3 is 2.56 bits per heavy atom. The molecule has 1 atom stereocenters. The van der Waals surface area contributed by atoms with E-state index < -0.39 is 17.3 Å². The van der Waals surface area contributed by atoms with Crippen molar-refractivity contribution in [3.05, 3.63) is 35.4 Å². The number of aliphatic hydroxyl groups excluding tert-OH is 1. The Labute approximate surface area is 104 Å². The summed E-state index contributed by atoms with van der Waals surface area (Å²) in [7, 11) is 0. The Morgan fingerprint density at radius 1 is 1.28 bits per heavy atom. The molecule has 0 aliphatic carbocycles. The van der Waals surface area contributed by atoms with Gasteiger partial charge in [0.15, 0.2) is 0 Å². The number of hydrogen-bond donors (Lipinski definition) is 2. The van der Waals surface area contributed by atoms with Crippen LogP contribution in [0.4, 0.5) is 13.2 Å². The van der Waals surface area contributed by atoms with Crippen molar-refractivity contribution in [1.82, 2.24) is 5.32 Å². The fourth-order valence-corrected chi connectivity index (χ4v) is 2.53. The van der Waals surface area contributed by atoms with Crippen molar-refractivity contribution in [3.8, 4) is 0 Å². The Balaban J connectivity index is 2.29. The molecule has 1 aliphatic rings. The highest BCUT2D eigenvalue weighted by atomic mass is 19.4. The average molecular weight is 259 g/mol. The third kappa shape index (κ3) is 2.67. The maximum absolute atomic E-state index is 12.9. The van der Waals surface area contributed by atoms with Gasteiger partial charge in [0.05, 0.1) is 12.2 Å². The molecule has 0 spiro atoms. The highest BCUT2D eigenvalue weighted by Crippen LogP contribution is 2.34. The van der Waals surface area contributed by atoms with Crippen LogP contribution in [0.2, 0.25) is 0 Å². The summed E-state index contributed by atoms with van der Waals surface area (Å²) in [4.78, 5) is 0. The third-order valence-corrected chi connectivity index (χ3v) is 3.49. The topological polar surface area (TPSA) is 32.3 Å². The minimum atomic E-state index is -4.34. The molecule has 2 nitrogen and oxygen atoms in total. The van der Waals surface area contributed by atoms with Crippen LogP contribution >= 0.6 is 0 Å². The van der Waals surface area contributed by atoms with Gasteiger partial charge in [0, 0.05) is 5.54 Å². The van der Waals surface area contributed by atoms with E-state index in [9.17, 15) is 18.3 Å². The van der Waals surface area contributed by atoms with Crippen LogP contribution in [0.1, 0.15) is 24.0 Å². The van der Waals surface area contributed by atoms with E-state index >= 15 is 0 Å². The largest absolute Gasteiger partial charge is 0.416 e. The summed E-state index contributed by atoms with van der Waals surface area (Å²) < 4.78 is 38.6. The molecule has 1 heterocycles. The van der Waals surface area contributed by atoms with Gasteiger partial charge < -0.3 is 10.4 Å². The van der Waals surface area contributed by atoms with Gasteiger partial charge in [0.1, 0.15) is 0 Å². The Morgan fingerprint density at radius 2 is 2.00 bits per heavy atom. The van der Waals surface area contributed by atoms with Crippen LogP contribution in [0, 0.1) is 0 Å². The van der Waals surface area contributed by atoms with E-state index in [2.05, 4.69) is 5.32 Å². The van der Waals surface area contributed by atoms with Crippen molar-refractivity contribution in [2.24, 2.45) is 0 Å². The summed E-state index contributed by atoms with van der Waals surface area (Å²) in [5, 5.41) is 12.6. The molecular weight excluding hydrogens is 243 g/mol. The molecule has 1 unspecified atom stereocenters. The van der Waals surface area contributed by atoms with Crippen LogP contribution in [-0.4, -0.2) is 23.8 Å². The Hall–Kier alpha value is -1.07. The van der Waals surface area contributed by atoms with Gasteiger partial charge in [-0.3, -0.25) is 0 Å². The van der Waals surface area contributed by atoms with E-state index in [1.807, 2.05) is 0 Å². The molecule has 5 heteroatoms. The van der Waals surface area contributed by atoms with Gasteiger partial charge >= 0.3 is 6.18 Å². The van der Waals surface area contributed by atoms with Crippen LogP contribution in [0.3, 0.4) is 0 Å². The lowest BCUT2D eigenvalue weighted by molar-refractivity contribution is -0.138. The summed E-state index contributed by atoms with van der Waals surface area (Å²) in [5.41, 5.74) is -0.957. The quantitative estimate of drug-likeness (QED) is 0.873. The molecular formula is C13H16F3NO. The van der Waals surface area contributed by atoms with Gasteiger partial charge in [-0.25, -0.2) is 0 Å². The van der Waals surface area contributed by atoms with Crippen molar-refractivity contribution in [2.45, 2.75) is 31.0 Å². The number of benzene rings is 1. The van der Waals surface area contributed by atoms with Gasteiger partial charge in [-0.1, -0.05) is 18.2 Å². The van der Waals surface area contributed by atoms with Crippen molar-refractivity contribution in [1.29, 1.82) is 0 Å². The molecule has 0 radical (unpaired) electrons. The van der Waals surface area contributed by atoms with Gasteiger partial charge in [-0.15, -0.1) is 0 Å². The van der Waals surface area contributed by atoms with Crippen molar-refractivity contribution >= 4 is 0 Å². The summed E-state index contributed by atoms with van der Waals surface area (Å²) in [6, 6.07) is 5.57. The first-order chi connectivity index (χ1) is 8.47. The van der Waals surface area contributed by atoms with E-state index in [0.29, 0.717) is 6.42 Å². The highest BCUT2D eigenvalue weighted by Gasteiger charge is 2.38. The molecule has 1 aliphatic heterocycles. The standard InChI is InChI=1S/C13H16F3NO/c14-13(15,16)11-5-2-1-4-10(11)8-12(9-18)6-3-7-17-12/h1-2,4-5,17-18H,3,6-9H2. The lowest BCUT2D eigenvalue weighted by Crippen LogP contribution is -2.45. The van der Waals surface area contributed by atoms with E-state index in [-0.39, 0.29) is 18.6 Å². The van der Waals surface area contributed by atoms with E-state index in [1.165, 1.54) is 12.1 Å². The molecule has 0 saturated carbocycles. The molecule has 18 heavy (non-hydrogen) atoms. The predicted octanol–water partition coefficient (Wildman–Crippen LogP) is 2.36. The second kappa shape index (κ2) is 4.90. The molecule has 1 aromatic rings. The average Bonchev–Trinajstić information content (AvgIpc) is 2.78. The fourth-order valence-electron chi connectivity index (χ4n) is 2.53. The van der Waals surface area contributed by atoms with Gasteiger partial charge in [0.2, 0.25) is 0 Å². The maximum Gasteiger partial charge on any atom is 0.416 e. The second-order valence-corrected chi connectivity index (χ2v) is 4.80. The Bertz CT molecular complexity index is 411. The van der Waals surface area contributed by atoms with E-state index in [4.69, 9.17) is 0 Å². The predicted molar refractivity (Wildman–Crippen MR) is 62.2 cm³/mol. The smallest absolute Gasteiger partial charge is 0.394 e. The first-order valence-corrected chi connectivity index (χ1v) is 5.98. The maximum atomic E-state index is 12.9. The summed E-state index contributed by atoms with van der Waals surface area (Å²) in [6.45, 7) is 0.605. The summed E-state index contributed by atoms with van der Waals surface area (Å²) >= 11 is 0. The summed E-state index contributed by atoms with van der Waals surface area (Å²) in [5.74, 6) is 0. The second-order valence-electron chi connectivity index (χ2n) is 4.80. The number of nitrogens with one attached hydrogen (secondary N) is 1. The first kappa shape index (κ1) is 13.4.